The van der Waals surface area contributed by atoms with E-state index in [2.05, 4.69) is 30.6 Å². The number of tetrazole rings is 1. The third kappa shape index (κ3) is 2.39. The summed E-state index contributed by atoms with van der Waals surface area (Å²) in [6, 6.07) is 0. The number of H-pyrrole nitrogens is 1. The first kappa shape index (κ1) is 12.4. The van der Waals surface area contributed by atoms with Crippen molar-refractivity contribution in [3.05, 3.63) is 28.3 Å². The Morgan fingerprint density at radius 1 is 1.40 bits per heavy atom. The van der Waals surface area contributed by atoms with Crippen LogP contribution in [0.15, 0.2) is 12.4 Å². The molecule has 0 radical (unpaired) electrons. The average molecular weight is 276 g/mol. The average Bonchev–Trinajstić information content (AvgIpc) is 3.02. The van der Waals surface area contributed by atoms with E-state index in [1.807, 2.05) is 4.90 Å². The predicted molar refractivity (Wildman–Crippen MR) is 67.1 cm³/mol. The zero-order valence-corrected chi connectivity index (χ0v) is 10.5. The summed E-state index contributed by atoms with van der Waals surface area (Å²) < 4.78 is 0. The molecule has 1 atom stereocenters. The van der Waals surface area contributed by atoms with Crippen molar-refractivity contribution in [1.29, 1.82) is 0 Å². The minimum Gasteiger partial charge on any atom is -0.340 e. The van der Waals surface area contributed by atoms with Gasteiger partial charge >= 0.3 is 5.69 Å². The van der Waals surface area contributed by atoms with Crippen LogP contribution in [-0.2, 0) is 0 Å². The van der Waals surface area contributed by atoms with E-state index in [0.29, 0.717) is 18.3 Å². The van der Waals surface area contributed by atoms with E-state index in [1.54, 1.807) is 0 Å². The van der Waals surface area contributed by atoms with Crippen LogP contribution in [0.2, 0.25) is 0 Å². The molecule has 0 spiro atoms. The van der Waals surface area contributed by atoms with Crippen LogP contribution in [0.5, 0.6) is 0 Å². The first-order valence-electron chi connectivity index (χ1n) is 6.19. The van der Waals surface area contributed by atoms with E-state index in [9.17, 15) is 10.1 Å². The normalized spacial score (nSPS) is 19.0. The molecule has 0 bridgehead atoms. The van der Waals surface area contributed by atoms with Crippen molar-refractivity contribution in [3.8, 4) is 0 Å². The van der Waals surface area contributed by atoms with Crippen molar-refractivity contribution in [1.82, 2.24) is 30.6 Å². The number of aromatic nitrogens is 6. The number of hydrogen-bond donors (Lipinski definition) is 1. The Morgan fingerprint density at radius 3 is 2.85 bits per heavy atom. The highest BCUT2D eigenvalue weighted by atomic mass is 16.6. The zero-order chi connectivity index (χ0) is 13.9. The lowest BCUT2D eigenvalue weighted by atomic mass is 9.98. The summed E-state index contributed by atoms with van der Waals surface area (Å²) in [5, 5.41) is 24.6. The predicted octanol–water partition coefficient (Wildman–Crippen LogP) is 0.282. The number of rotatable bonds is 3. The maximum atomic E-state index is 10.6. The first-order valence-corrected chi connectivity index (χ1v) is 6.19. The van der Waals surface area contributed by atoms with Gasteiger partial charge in [0.15, 0.2) is 5.82 Å². The fraction of sp³-hybridized carbons (Fsp3) is 0.500. The van der Waals surface area contributed by atoms with Gasteiger partial charge in [-0.15, -0.1) is 10.2 Å². The number of anilines is 1. The molecule has 2 aromatic rings. The lowest BCUT2D eigenvalue weighted by Crippen LogP contribution is -2.35. The lowest BCUT2D eigenvalue weighted by Gasteiger charge is -2.30. The fourth-order valence-corrected chi connectivity index (χ4v) is 2.28. The first-order chi connectivity index (χ1) is 9.74. The highest BCUT2D eigenvalue weighted by molar-refractivity contribution is 5.35. The smallest absolute Gasteiger partial charge is 0.305 e. The van der Waals surface area contributed by atoms with Gasteiger partial charge in [0.1, 0.15) is 12.4 Å². The Balaban J connectivity index is 1.75. The van der Waals surface area contributed by atoms with Gasteiger partial charge in [0.2, 0.25) is 5.95 Å². The van der Waals surface area contributed by atoms with Gasteiger partial charge in [-0.3, -0.25) is 10.1 Å². The molecule has 1 aliphatic rings. The molecule has 0 aliphatic carbocycles. The Morgan fingerprint density at radius 2 is 2.20 bits per heavy atom. The quantitative estimate of drug-likeness (QED) is 0.625. The third-order valence-corrected chi connectivity index (χ3v) is 3.27. The van der Waals surface area contributed by atoms with Crippen molar-refractivity contribution in [2.45, 2.75) is 18.8 Å². The van der Waals surface area contributed by atoms with Crippen LogP contribution in [0, 0.1) is 10.1 Å². The number of nitrogens with one attached hydrogen (secondary N) is 1. The summed E-state index contributed by atoms with van der Waals surface area (Å²) in [5.74, 6) is 1.33. The highest BCUT2D eigenvalue weighted by Crippen LogP contribution is 2.26. The van der Waals surface area contributed by atoms with Gasteiger partial charge in [-0.05, 0) is 12.8 Å². The van der Waals surface area contributed by atoms with Gasteiger partial charge in [0, 0.05) is 19.0 Å². The van der Waals surface area contributed by atoms with E-state index in [-0.39, 0.29) is 11.6 Å². The van der Waals surface area contributed by atoms with Crippen molar-refractivity contribution in [3.63, 3.8) is 0 Å². The molecule has 0 amide bonds. The maximum Gasteiger partial charge on any atom is 0.305 e. The van der Waals surface area contributed by atoms with E-state index in [0.717, 1.165) is 19.4 Å². The summed E-state index contributed by atoms with van der Waals surface area (Å²) in [7, 11) is 0. The van der Waals surface area contributed by atoms with Crippen LogP contribution in [0.3, 0.4) is 0 Å². The molecular formula is C10H12N8O2. The molecule has 104 valence electrons. The summed E-state index contributed by atoms with van der Waals surface area (Å²) >= 11 is 0. The minimum atomic E-state index is -0.512. The van der Waals surface area contributed by atoms with Crippen molar-refractivity contribution in [2.24, 2.45) is 0 Å². The van der Waals surface area contributed by atoms with Gasteiger partial charge in [0.25, 0.3) is 0 Å². The molecule has 2 aromatic heterocycles. The highest BCUT2D eigenvalue weighted by Gasteiger charge is 2.26. The Labute approximate surface area is 113 Å². The van der Waals surface area contributed by atoms with Crippen LogP contribution < -0.4 is 4.90 Å². The van der Waals surface area contributed by atoms with Crippen LogP contribution in [0.1, 0.15) is 24.6 Å². The van der Waals surface area contributed by atoms with Gasteiger partial charge in [-0.25, -0.2) is 9.97 Å². The summed E-state index contributed by atoms with van der Waals surface area (Å²) in [5.41, 5.74) is -0.111. The molecule has 3 heterocycles. The van der Waals surface area contributed by atoms with Crippen LogP contribution in [0.25, 0.3) is 0 Å². The molecule has 1 N–H and O–H groups in total. The zero-order valence-electron chi connectivity index (χ0n) is 10.5. The molecule has 3 rings (SSSR count). The number of nitro groups is 1. The molecule has 20 heavy (non-hydrogen) atoms. The van der Waals surface area contributed by atoms with Gasteiger partial charge < -0.3 is 4.90 Å². The molecule has 1 saturated heterocycles. The molecular weight excluding hydrogens is 264 g/mol. The van der Waals surface area contributed by atoms with Crippen LogP contribution in [0.4, 0.5) is 11.6 Å². The maximum absolute atomic E-state index is 10.6. The van der Waals surface area contributed by atoms with E-state index in [1.165, 1.54) is 12.4 Å². The Bertz CT molecular complexity index is 584. The standard InChI is InChI=1S/C10H12N8O2/c19-18(20)8-4-11-10(12-5-8)17-3-1-2-7(6-17)9-13-15-16-14-9/h4-5,7H,1-3,6H2,(H,13,14,15,16). The van der Waals surface area contributed by atoms with Crippen LogP contribution in [-0.4, -0.2) is 48.6 Å². The second-order valence-corrected chi connectivity index (χ2v) is 4.55. The van der Waals surface area contributed by atoms with Gasteiger partial charge in [-0.1, -0.05) is 5.21 Å². The molecule has 0 aromatic carbocycles. The minimum absolute atomic E-state index is 0.111. The second-order valence-electron chi connectivity index (χ2n) is 4.55. The topological polar surface area (TPSA) is 127 Å². The van der Waals surface area contributed by atoms with Crippen molar-refractivity contribution < 1.29 is 4.92 Å². The molecule has 10 nitrogen and oxygen atoms in total. The number of aromatic amines is 1. The SMILES string of the molecule is O=[N+]([O-])c1cnc(N2CCCC(c3nn[nH]n3)C2)nc1. The third-order valence-electron chi connectivity index (χ3n) is 3.27. The Kier molecular flexibility index (Phi) is 3.19. The van der Waals surface area contributed by atoms with Gasteiger partial charge in [0.05, 0.1) is 4.92 Å². The molecule has 0 saturated carbocycles. The number of nitrogens with zero attached hydrogens (tertiary/aromatic N) is 7. The fourth-order valence-electron chi connectivity index (χ4n) is 2.28. The number of hydrogen-bond acceptors (Lipinski definition) is 8. The van der Waals surface area contributed by atoms with E-state index in [4.69, 9.17) is 0 Å². The second kappa shape index (κ2) is 5.15. The van der Waals surface area contributed by atoms with Gasteiger partial charge in [-0.2, -0.15) is 5.21 Å². The lowest BCUT2D eigenvalue weighted by molar-refractivity contribution is -0.385. The molecule has 10 heteroatoms. The van der Waals surface area contributed by atoms with Crippen LogP contribution >= 0.6 is 0 Å². The summed E-state index contributed by atoms with van der Waals surface area (Å²) in [6.45, 7) is 1.49. The summed E-state index contributed by atoms with van der Waals surface area (Å²) in [6.07, 6.45) is 4.38. The van der Waals surface area contributed by atoms with E-state index < -0.39 is 4.92 Å². The monoisotopic (exact) mass is 276 g/mol. The van der Waals surface area contributed by atoms with E-state index >= 15 is 0 Å². The van der Waals surface area contributed by atoms with Crippen molar-refractivity contribution in [2.75, 3.05) is 18.0 Å². The largest absolute Gasteiger partial charge is 0.340 e. The molecule has 1 unspecified atom stereocenters. The summed E-state index contributed by atoms with van der Waals surface area (Å²) in [4.78, 5) is 20.1. The Hall–Kier alpha value is -2.65. The molecule has 1 aliphatic heterocycles. The van der Waals surface area contributed by atoms with Crippen molar-refractivity contribution >= 4 is 11.6 Å². The molecule has 1 fully saturated rings. The number of piperidine rings is 1.